The smallest absolute Gasteiger partial charge is 0.352 e. The Morgan fingerprint density at radius 3 is 2.82 bits per heavy atom. The second-order valence-corrected chi connectivity index (χ2v) is 6.27. The third-order valence-corrected chi connectivity index (χ3v) is 4.72. The van der Waals surface area contributed by atoms with Crippen LogP contribution < -0.4 is 10.8 Å². The summed E-state index contributed by atoms with van der Waals surface area (Å²) in [6, 6.07) is 2.87. The van der Waals surface area contributed by atoms with Gasteiger partial charge in [0.05, 0.1) is 14.1 Å². The molecule has 1 aromatic carbocycles. The largest absolute Gasteiger partial charge is 0.872 e. The monoisotopic (exact) mass is 366 g/mol. The van der Waals surface area contributed by atoms with Gasteiger partial charge < -0.3 is 15.2 Å². The van der Waals surface area contributed by atoms with E-state index in [1.165, 1.54) is 6.07 Å². The molecule has 1 atom stereocenters. The van der Waals surface area contributed by atoms with E-state index in [9.17, 15) is 15.0 Å². The van der Waals surface area contributed by atoms with Gasteiger partial charge in [0.2, 0.25) is 0 Å². The molecule has 0 spiro atoms. The Bertz CT molecular complexity index is 827. The molecule has 22 heavy (non-hydrogen) atoms. The van der Waals surface area contributed by atoms with Crippen LogP contribution in [0.5, 0.6) is 5.75 Å². The van der Waals surface area contributed by atoms with Gasteiger partial charge in [-0.2, -0.15) is 0 Å². The molecular weight excluding hydrogens is 352 g/mol. The number of nitrogens with one attached hydrogen (secondary N) is 1. The lowest BCUT2D eigenvalue weighted by Crippen LogP contribution is -2.34. The molecule has 1 aliphatic rings. The van der Waals surface area contributed by atoms with E-state index >= 15 is 0 Å². The molecule has 2 heterocycles. The van der Waals surface area contributed by atoms with Crippen LogP contribution in [0.25, 0.3) is 10.9 Å². The maximum Gasteiger partial charge on any atom is 0.352 e. The topological polar surface area (TPSA) is 108 Å². The Hall–Kier alpha value is -2.22. The normalized spacial score (nSPS) is 18.5. The summed E-state index contributed by atoms with van der Waals surface area (Å²) in [5.41, 5.74) is 7.24. The van der Waals surface area contributed by atoms with Crippen LogP contribution in [0.3, 0.4) is 0 Å². The first-order valence-corrected chi connectivity index (χ1v) is 7.42. The Kier molecular flexibility index (Phi) is 3.28. The number of hydrogen-bond donors (Lipinski definition) is 3. The molecule has 3 rings (SSSR count). The number of rotatable bonds is 2. The maximum absolute atomic E-state index is 11.8. The molecule has 1 aromatic heterocycles. The minimum Gasteiger partial charge on any atom is -0.872 e. The second-order valence-electron chi connectivity index (χ2n) is 5.41. The number of aromatic carboxylic acids is 1. The third-order valence-electron chi connectivity index (χ3n) is 4.11. The summed E-state index contributed by atoms with van der Waals surface area (Å²) >= 11 is 3.22. The van der Waals surface area contributed by atoms with E-state index in [0.717, 1.165) is 0 Å². The fourth-order valence-corrected chi connectivity index (χ4v) is 3.26. The molecule has 0 fully saturated rings. The van der Waals surface area contributed by atoms with Crippen molar-refractivity contribution >= 4 is 38.8 Å². The first-order chi connectivity index (χ1) is 10.3. The summed E-state index contributed by atoms with van der Waals surface area (Å²) in [7, 11) is 3.68. The van der Waals surface area contributed by atoms with Crippen LogP contribution in [-0.2, 0) is 0 Å². The van der Waals surface area contributed by atoms with E-state index in [1.807, 2.05) is 23.6 Å². The Morgan fingerprint density at radius 2 is 2.27 bits per heavy atom. The summed E-state index contributed by atoms with van der Waals surface area (Å²) in [5.74, 6) is -0.674. The van der Waals surface area contributed by atoms with Gasteiger partial charge in [0.15, 0.2) is 0 Å². The van der Waals surface area contributed by atoms with Crippen LogP contribution in [-0.4, -0.2) is 52.1 Å². The quantitative estimate of drug-likeness (QED) is 0.676. The lowest BCUT2D eigenvalue weighted by molar-refractivity contribution is -0.491. The zero-order valence-corrected chi connectivity index (χ0v) is 13.6. The molecular formula is C14H15BrN4O3. The van der Waals surface area contributed by atoms with Gasteiger partial charge in [-0.05, 0) is 12.1 Å². The standard InChI is InChI=1S/C14H15BrN4O3/c1-18-5-9(19(2)14(18)16)11-6-3-7(15)10(20)4-8(6)17-12(11)13(21)22/h3-4,9,16-17H,5H2,1-2H3,(H2,20,21,22). The van der Waals surface area contributed by atoms with Crippen molar-refractivity contribution in [3.63, 3.8) is 0 Å². The molecule has 0 aliphatic carbocycles. The van der Waals surface area contributed by atoms with E-state index < -0.39 is 5.97 Å². The Balaban J connectivity index is 2.26. The summed E-state index contributed by atoms with van der Waals surface area (Å²) in [6.07, 6.45) is 0. The lowest BCUT2D eigenvalue weighted by atomic mass is 10.0. The number of aromatic amines is 1. The van der Waals surface area contributed by atoms with Crippen LogP contribution >= 0.6 is 15.9 Å². The maximum atomic E-state index is 11.8. The number of fused-ring (bicyclic) bond motifs is 1. The van der Waals surface area contributed by atoms with E-state index in [1.54, 1.807) is 6.07 Å². The van der Waals surface area contributed by atoms with E-state index in [0.29, 0.717) is 33.4 Å². The molecule has 4 N–H and O–H groups in total. The number of carbonyl (C=O) groups is 1. The molecule has 116 valence electrons. The van der Waals surface area contributed by atoms with Gasteiger partial charge in [0, 0.05) is 20.9 Å². The highest BCUT2D eigenvalue weighted by Gasteiger charge is 2.37. The fourth-order valence-electron chi connectivity index (χ4n) is 2.92. The van der Waals surface area contributed by atoms with E-state index in [-0.39, 0.29) is 17.5 Å². The zero-order chi connectivity index (χ0) is 16.2. The predicted octanol–water partition coefficient (Wildman–Crippen LogP) is 0.646. The van der Waals surface area contributed by atoms with Crippen LogP contribution in [0.15, 0.2) is 16.6 Å². The number of aromatic nitrogens is 1. The van der Waals surface area contributed by atoms with Gasteiger partial charge in [0.25, 0.3) is 0 Å². The van der Waals surface area contributed by atoms with Crippen LogP contribution in [0.2, 0.25) is 0 Å². The lowest BCUT2D eigenvalue weighted by Gasteiger charge is -2.16. The first kappa shape index (κ1) is 14.7. The summed E-state index contributed by atoms with van der Waals surface area (Å²) in [5, 5.41) is 22.0. The molecule has 2 aromatic rings. The second kappa shape index (κ2) is 4.91. The average molecular weight is 367 g/mol. The number of halogens is 1. The predicted molar refractivity (Wildman–Crippen MR) is 83.2 cm³/mol. The third kappa shape index (κ3) is 2.02. The molecule has 0 saturated heterocycles. The van der Waals surface area contributed by atoms with Gasteiger partial charge in [-0.25, -0.2) is 4.79 Å². The Labute approximate surface area is 134 Å². The number of benzene rings is 1. The molecule has 7 nitrogen and oxygen atoms in total. The minimum absolute atomic E-state index is 0.0902. The van der Waals surface area contributed by atoms with Crippen molar-refractivity contribution in [1.29, 1.82) is 0 Å². The van der Waals surface area contributed by atoms with Crippen molar-refractivity contribution in [2.45, 2.75) is 6.04 Å². The summed E-state index contributed by atoms with van der Waals surface area (Å²) in [4.78, 5) is 16.3. The summed E-state index contributed by atoms with van der Waals surface area (Å²) < 4.78 is 2.27. The Morgan fingerprint density at radius 1 is 1.59 bits per heavy atom. The number of likely N-dealkylation sites (N-methyl/N-ethyl adjacent to an activating group) is 2. The van der Waals surface area contributed by atoms with Crippen molar-refractivity contribution < 1.29 is 19.6 Å². The number of H-pyrrole nitrogens is 1. The van der Waals surface area contributed by atoms with Gasteiger partial charge >= 0.3 is 11.9 Å². The molecule has 0 bridgehead atoms. The van der Waals surface area contributed by atoms with E-state index in [2.05, 4.69) is 20.9 Å². The van der Waals surface area contributed by atoms with Gasteiger partial charge in [0.1, 0.15) is 18.3 Å². The summed E-state index contributed by atoms with van der Waals surface area (Å²) in [6.45, 7) is 0.576. The van der Waals surface area contributed by atoms with Crippen molar-refractivity contribution in [3.05, 3.63) is 27.9 Å². The highest BCUT2D eigenvalue weighted by molar-refractivity contribution is 9.10. The zero-order valence-electron chi connectivity index (χ0n) is 12.1. The van der Waals surface area contributed by atoms with Crippen molar-refractivity contribution in [2.24, 2.45) is 5.73 Å². The van der Waals surface area contributed by atoms with Crippen LogP contribution in [0, 0.1) is 0 Å². The molecule has 0 radical (unpaired) electrons. The minimum atomic E-state index is -1.06. The van der Waals surface area contributed by atoms with E-state index in [4.69, 9.17) is 5.73 Å². The average Bonchev–Trinajstić information content (AvgIpc) is 2.92. The fraction of sp³-hybridized carbons (Fsp3) is 0.286. The number of hydrogen-bond acceptors (Lipinski definition) is 4. The first-order valence-electron chi connectivity index (χ1n) is 6.63. The van der Waals surface area contributed by atoms with Crippen LogP contribution in [0.1, 0.15) is 22.1 Å². The van der Waals surface area contributed by atoms with Gasteiger partial charge in [-0.3, -0.25) is 15.2 Å². The number of nitrogens with zero attached hydrogens (tertiary/aromatic N) is 2. The number of nitrogens with two attached hydrogens (primary N) is 1. The number of guanidine groups is 1. The molecule has 8 heteroatoms. The highest BCUT2D eigenvalue weighted by Crippen LogP contribution is 2.36. The van der Waals surface area contributed by atoms with Gasteiger partial charge in [-0.15, -0.1) is 0 Å². The molecule has 1 unspecified atom stereocenters. The SMILES string of the molecule is CN1C(N)=[N+](C)CC1c1c(C(=O)O)[nH]c2cc([O-])c(Br)cc12. The molecule has 1 aliphatic heterocycles. The van der Waals surface area contributed by atoms with Crippen molar-refractivity contribution in [2.75, 3.05) is 20.6 Å². The number of carboxylic acid groups (broad SMARTS) is 1. The van der Waals surface area contributed by atoms with Crippen molar-refractivity contribution in [1.82, 2.24) is 9.88 Å². The number of carboxylic acids is 1. The molecule has 0 amide bonds. The van der Waals surface area contributed by atoms with Crippen LogP contribution in [0.4, 0.5) is 0 Å². The molecule has 0 saturated carbocycles. The van der Waals surface area contributed by atoms with Gasteiger partial charge in [-0.1, -0.05) is 21.7 Å². The highest BCUT2D eigenvalue weighted by atomic mass is 79.9. The van der Waals surface area contributed by atoms with Crippen molar-refractivity contribution in [3.8, 4) is 5.75 Å².